The Bertz CT molecular complexity index is 862. The topological polar surface area (TPSA) is 26.3 Å². The van der Waals surface area contributed by atoms with Crippen LogP contribution in [0.4, 0.5) is 0 Å². The molecule has 5 heteroatoms. The quantitative estimate of drug-likeness (QED) is 0.384. The lowest BCUT2D eigenvalue weighted by atomic mass is 10.1. The fourth-order valence-electron chi connectivity index (χ4n) is 2.34. The van der Waals surface area contributed by atoms with Crippen molar-refractivity contribution in [1.29, 1.82) is 0 Å². The van der Waals surface area contributed by atoms with E-state index in [4.69, 9.17) is 16.3 Å². The lowest BCUT2D eigenvalue weighted by Gasteiger charge is -2.10. The van der Waals surface area contributed by atoms with Gasteiger partial charge in [-0.15, -0.1) is 11.3 Å². The molecule has 1 aromatic heterocycles. The average molecular weight is 396 g/mol. The van der Waals surface area contributed by atoms with Crippen molar-refractivity contribution in [2.75, 3.05) is 0 Å². The molecule has 22 heavy (non-hydrogen) atoms. The van der Waals surface area contributed by atoms with Crippen LogP contribution in [0, 0.1) is 13.8 Å². The van der Waals surface area contributed by atoms with E-state index in [1.165, 1.54) is 11.3 Å². The first-order valence-electron chi connectivity index (χ1n) is 6.63. The van der Waals surface area contributed by atoms with Crippen LogP contribution in [-0.4, -0.2) is 5.97 Å². The van der Waals surface area contributed by atoms with E-state index in [9.17, 15) is 4.79 Å². The zero-order chi connectivity index (χ0) is 15.9. The van der Waals surface area contributed by atoms with Gasteiger partial charge in [-0.2, -0.15) is 0 Å². The van der Waals surface area contributed by atoms with Crippen molar-refractivity contribution in [2.24, 2.45) is 0 Å². The highest BCUT2D eigenvalue weighted by Gasteiger charge is 2.20. The molecule has 0 atom stereocenters. The fraction of sp³-hybridized carbons (Fsp3) is 0.118. The highest BCUT2D eigenvalue weighted by atomic mass is 79.9. The van der Waals surface area contributed by atoms with Crippen LogP contribution in [0.25, 0.3) is 10.1 Å². The third kappa shape index (κ3) is 2.78. The second kappa shape index (κ2) is 6.03. The van der Waals surface area contributed by atoms with E-state index in [-0.39, 0.29) is 0 Å². The largest absolute Gasteiger partial charge is 0.422 e. The molecule has 0 aliphatic rings. The number of esters is 1. The van der Waals surface area contributed by atoms with Crippen LogP contribution in [0.3, 0.4) is 0 Å². The first-order chi connectivity index (χ1) is 10.5. The number of fused-ring (bicyclic) bond motifs is 1. The van der Waals surface area contributed by atoms with Crippen LogP contribution in [0.1, 0.15) is 20.8 Å². The maximum atomic E-state index is 12.5. The minimum Gasteiger partial charge on any atom is -0.422 e. The van der Waals surface area contributed by atoms with E-state index in [1.54, 1.807) is 0 Å². The standard InChI is InChI=1S/C17H12BrClO2S/c1-9-7-11(18)8-10(2)15(9)21-17(20)16-14(19)12-5-3-4-6-13(12)22-16/h3-8H,1-2H3. The molecule has 0 spiro atoms. The lowest BCUT2D eigenvalue weighted by Crippen LogP contribution is -2.09. The molecule has 0 amide bonds. The predicted octanol–water partition coefficient (Wildman–Crippen LogP) is 6.15. The molecule has 0 aliphatic heterocycles. The molecule has 112 valence electrons. The van der Waals surface area contributed by atoms with Crippen LogP contribution < -0.4 is 4.74 Å². The van der Waals surface area contributed by atoms with Gasteiger partial charge < -0.3 is 4.74 Å². The Kier molecular flexibility index (Phi) is 4.26. The lowest BCUT2D eigenvalue weighted by molar-refractivity contribution is 0.0737. The Morgan fingerprint density at radius 1 is 1.18 bits per heavy atom. The summed E-state index contributed by atoms with van der Waals surface area (Å²) in [6.07, 6.45) is 0. The Hall–Kier alpha value is -1.36. The molecule has 0 bridgehead atoms. The maximum absolute atomic E-state index is 12.5. The number of thiophene rings is 1. The first kappa shape index (κ1) is 15.5. The first-order valence-corrected chi connectivity index (χ1v) is 8.62. The zero-order valence-electron chi connectivity index (χ0n) is 11.9. The van der Waals surface area contributed by atoms with Gasteiger partial charge in [0.25, 0.3) is 0 Å². The van der Waals surface area contributed by atoms with Gasteiger partial charge in [0.2, 0.25) is 0 Å². The van der Waals surface area contributed by atoms with E-state index >= 15 is 0 Å². The number of rotatable bonds is 2. The van der Waals surface area contributed by atoms with Gasteiger partial charge in [0, 0.05) is 14.6 Å². The summed E-state index contributed by atoms with van der Waals surface area (Å²) in [4.78, 5) is 12.9. The van der Waals surface area contributed by atoms with Crippen LogP contribution in [0.5, 0.6) is 5.75 Å². The van der Waals surface area contributed by atoms with Crippen molar-refractivity contribution in [3.8, 4) is 5.75 Å². The number of hydrogen-bond acceptors (Lipinski definition) is 3. The van der Waals surface area contributed by atoms with Crippen LogP contribution >= 0.6 is 38.9 Å². The number of hydrogen-bond donors (Lipinski definition) is 0. The molecule has 0 N–H and O–H groups in total. The second-order valence-corrected chi connectivity index (χ2v) is 7.35. The van der Waals surface area contributed by atoms with Crippen LogP contribution in [0.2, 0.25) is 5.02 Å². The highest BCUT2D eigenvalue weighted by molar-refractivity contribution is 9.10. The third-order valence-corrected chi connectivity index (χ3v) is 5.45. The van der Waals surface area contributed by atoms with E-state index in [0.29, 0.717) is 15.6 Å². The molecule has 3 rings (SSSR count). The summed E-state index contributed by atoms with van der Waals surface area (Å²) in [5.41, 5.74) is 1.80. The SMILES string of the molecule is Cc1cc(Br)cc(C)c1OC(=O)c1sc2ccccc2c1Cl. The van der Waals surface area contributed by atoms with Crippen molar-refractivity contribution >= 4 is 54.9 Å². The number of halogens is 2. The molecular formula is C17H12BrClO2S. The van der Waals surface area contributed by atoms with Gasteiger partial charge in [-0.1, -0.05) is 45.7 Å². The van der Waals surface area contributed by atoms with Crippen molar-refractivity contribution < 1.29 is 9.53 Å². The Morgan fingerprint density at radius 3 is 2.45 bits per heavy atom. The second-order valence-electron chi connectivity index (χ2n) is 5.00. The van der Waals surface area contributed by atoms with Crippen LogP contribution in [-0.2, 0) is 0 Å². The smallest absolute Gasteiger partial charge is 0.355 e. The van der Waals surface area contributed by atoms with Gasteiger partial charge in [-0.25, -0.2) is 4.79 Å². The number of carbonyl (C=O) groups is 1. The van der Waals surface area contributed by atoms with E-state index < -0.39 is 5.97 Å². The Labute approximate surface area is 145 Å². The summed E-state index contributed by atoms with van der Waals surface area (Å²) >= 11 is 11.1. The normalized spacial score (nSPS) is 10.9. The molecular weight excluding hydrogens is 384 g/mol. The van der Waals surface area contributed by atoms with Crippen molar-refractivity contribution in [1.82, 2.24) is 0 Å². The van der Waals surface area contributed by atoms with Gasteiger partial charge in [-0.05, 0) is 43.2 Å². The van der Waals surface area contributed by atoms with Crippen LogP contribution in [0.15, 0.2) is 40.9 Å². The van der Waals surface area contributed by atoms with Gasteiger partial charge >= 0.3 is 5.97 Å². The molecule has 0 unspecified atom stereocenters. The summed E-state index contributed by atoms with van der Waals surface area (Å²) in [5, 5.41) is 1.34. The summed E-state index contributed by atoms with van der Waals surface area (Å²) < 4.78 is 7.53. The van der Waals surface area contributed by atoms with Gasteiger partial charge in [0.15, 0.2) is 0 Å². The molecule has 0 radical (unpaired) electrons. The number of benzene rings is 2. The zero-order valence-corrected chi connectivity index (χ0v) is 15.1. The summed E-state index contributed by atoms with van der Waals surface area (Å²) in [5.74, 6) is 0.168. The molecule has 0 saturated carbocycles. The molecule has 1 heterocycles. The minimum atomic E-state index is -0.417. The molecule has 2 aromatic carbocycles. The Balaban J connectivity index is 1.99. The number of ether oxygens (including phenoxy) is 1. The van der Waals surface area contributed by atoms with Gasteiger partial charge in [0.1, 0.15) is 10.6 Å². The molecule has 2 nitrogen and oxygen atoms in total. The van der Waals surface area contributed by atoms with Gasteiger partial charge in [0.05, 0.1) is 5.02 Å². The summed E-state index contributed by atoms with van der Waals surface area (Å²) in [6, 6.07) is 11.5. The number of aryl methyl sites for hydroxylation is 2. The molecule has 0 fully saturated rings. The van der Waals surface area contributed by atoms with Crippen molar-refractivity contribution in [3.05, 3.63) is 61.9 Å². The Morgan fingerprint density at radius 2 is 1.82 bits per heavy atom. The minimum absolute atomic E-state index is 0.417. The fourth-order valence-corrected chi connectivity index (χ4v) is 4.41. The van der Waals surface area contributed by atoms with E-state index in [1.807, 2.05) is 50.2 Å². The van der Waals surface area contributed by atoms with Crippen molar-refractivity contribution in [2.45, 2.75) is 13.8 Å². The summed E-state index contributed by atoms with van der Waals surface area (Å²) in [6.45, 7) is 3.82. The average Bonchev–Trinajstić information content (AvgIpc) is 2.80. The van der Waals surface area contributed by atoms with Crippen molar-refractivity contribution in [3.63, 3.8) is 0 Å². The van der Waals surface area contributed by atoms with E-state index in [0.717, 1.165) is 25.7 Å². The monoisotopic (exact) mass is 394 g/mol. The predicted molar refractivity (Wildman–Crippen MR) is 95.4 cm³/mol. The van der Waals surface area contributed by atoms with E-state index in [2.05, 4.69) is 15.9 Å². The molecule has 3 aromatic rings. The molecule has 0 aliphatic carbocycles. The number of carbonyl (C=O) groups excluding carboxylic acids is 1. The van der Waals surface area contributed by atoms with Gasteiger partial charge in [-0.3, -0.25) is 0 Å². The highest BCUT2D eigenvalue weighted by Crippen LogP contribution is 2.36. The molecule has 0 saturated heterocycles. The maximum Gasteiger partial charge on any atom is 0.355 e. The summed E-state index contributed by atoms with van der Waals surface area (Å²) in [7, 11) is 0. The third-order valence-electron chi connectivity index (χ3n) is 3.34.